The molecule has 1 atom stereocenters. The van der Waals surface area contributed by atoms with Crippen molar-refractivity contribution in [2.24, 2.45) is 0 Å². The maximum Gasteiger partial charge on any atom is 0.287 e. The van der Waals surface area contributed by atoms with Gasteiger partial charge in [0.25, 0.3) is 11.8 Å². The zero-order valence-corrected chi connectivity index (χ0v) is 19.0. The van der Waals surface area contributed by atoms with Gasteiger partial charge in [0.05, 0.1) is 6.26 Å². The van der Waals surface area contributed by atoms with Gasteiger partial charge in [-0.2, -0.15) is 0 Å². The van der Waals surface area contributed by atoms with Crippen LogP contribution < -0.4 is 10.6 Å². The van der Waals surface area contributed by atoms with E-state index in [0.29, 0.717) is 17.7 Å². The van der Waals surface area contributed by atoms with E-state index in [-0.39, 0.29) is 17.6 Å². The van der Waals surface area contributed by atoms with Crippen LogP contribution in [0.2, 0.25) is 0 Å². The number of likely N-dealkylation sites (tertiary alicyclic amines) is 1. The molecule has 176 valence electrons. The number of hydrogen-bond donors (Lipinski definition) is 2. The summed E-state index contributed by atoms with van der Waals surface area (Å²) in [5.41, 5.74) is 2.08. The van der Waals surface area contributed by atoms with Crippen molar-refractivity contribution in [3.8, 4) is 0 Å². The molecular weight excluding hydrogens is 430 g/mol. The molecule has 2 aromatic carbocycles. The second kappa shape index (κ2) is 11.3. The number of nitrogens with zero attached hydrogens (tertiary/aromatic N) is 1. The van der Waals surface area contributed by atoms with Gasteiger partial charge in [0.15, 0.2) is 5.76 Å². The van der Waals surface area contributed by atoms with Gasteiger partial charge in [0.1, 0.15) is 6.04 Å². The maximum atomic E-state index is 13.1. The fourth-order valence-corrected chi connectivity index (χ4v) is 4.08. The first kappa shape index (κ1) is 23.3. The normalized spacial score (nSPS) is 14.6. The van der Waals surface area contributed by atoms with Crippen LogP contribution in [0.5, 0.6) is 0 Å². The van der Waals surface area contributed by atoms with Crippen LogP contribution in [0.4, 0.5) is 5.69 Å². The molecular formula is C27H29N3O4. The van der Waals surface area contributed by atoms with Crippen molar-refractivity contribution in [2.75, 3.05) is 18.4 Å². The van der Waals surface area contributed by atoms with Crippen LogP contribution in [0, 0.1) is 0 Å². The van der Waals surface area contributed by atoms with E-state index in [1.807, 2.05) is 35.2 Å². The standard InChI is InChI=1S/C27H29N3O4/c31-25(23(19-20-9-4-3-5-10-20)29-26(32)24-11-8-18-34-24)28-22-14-12-21(13-15-22)27(33)30-16-6-1-2-7-17-30/h3-5,8-15,18,23H,1-2,6-7,16-17,19H2,(H,28,31)(H,29,32). The number of anilines is 1. The molecule has 1 aliphatic rings. The number of amides is 3. The van der Waals surface area contributed by atoms with E-state index in [0.717, 1.165) is 44.3 Å². The average Bonchev–Trinajstić information content (AvgIpc) is 3.27. The largest absolute Gasteiger partial charge is 0.459 e. The molecule has 1 aliphatic heterocycles. The van der Waals surface area contributed by atoms with Crippen LogP contribution in [-0.2, 0) is 11.2 Å². The summed E-state index contributed by atoms with van der Waals surface area (Å²) < 4.78 is 5.16. The number of carbonyl (C=O) groups excluding carboxylic acids is 3. The Morgan fingerprint density at radius 3 is 2.21 bits per heavy atom. The molecule has 0 bridgehead atoms. The molecule has 0 spiro atoms. The minimum atomic E-state index is -0.807. The highest BCUT2D eigenvalue weighted by Crippen LogP contribution is 2.16. The third kappa shape index (κ3) is 6.13. The second-order valence-corrected chi connectivity index (χ2v) is 8.47. The molecule has 4 rings (SSSR count). The Hall–Kier alpha value is -3.87. The molecule has 3 amide bonds. The second-order valence-electron chi connectivity index (χ2n) is 8.47. The van der Waals surface area contributed by atoms with Crippen molar-refractivity contribution < 1.29 is 18.8 Å². The Kier molecular flexibility index (Phi) is 7.75. The molecule has 34 heavy (non-hydrogen) atoms. The zero-order chi connectivity index (χ0) is 23.8. The number of furan rings is 1. The van der Waals surface area contributed by atoms with Crippen LogP contribution in [0.3, 0.4) is 0 Å². The van der Waals surface area contributed by atoms with Crippen LogP contribution in [0.25, 0.3) is 0 Å². The van der Waals surface area contributed by atoms with Crippen molar-refractivity contribution in [2.45, 2.75) is 38.1 Å². The summed E-state index contributed by atoms with van der Waals surface area (Å²) in [5.74, 6) is -0.649. The van der Waals surface area contributed by atoms with Crippen molar-refractivity contribution >= 4 is 23.4 Å². The predicted octanol–water partition coefficient (Wildman–Crippen LogP) is 4.28. The molecule has 1 fully saturated rings. The van der Waals surface area contributed by atoms with E-state index >= 15 is 0 Å². The van der Waals surface area contributed by atoms with Crippen molar-refractivity contribution in [3.63, 3.8) is 0 Å². The van der Waals surface area contributed by atoms with Crippen LogP contribution in [-0.4, -0.2) is 41.8 Å². The Bertz CT molecular complexity index is 1090. The highest BCUT2D eigenvalue weighted by molar-refractivity contribution is 6.01. The number of benzene rings is 2. The van der Waals surface area contributed by atoms with E-state index < -0.39 is 11.9 Å². The summed E-state index contributed by atoms with van der Waals surface area (Å²) in [6, 6.07) is 18.7. The SMILES string of the molecule is O=C(NC(Cc1ccccc1)C(=O)Nc1ccc(C(=O)N2CCCCCC2)cc1)c1ccco1. The van der Waals surface area contributed by atoms with Gasteiger partial charge in [-0.15, -0.1) is 0 Å². The zero-order valence-electron chi connectivity index (χ0n) is 19.0. The van der Waals surface area contributed by atoms with Gasteiger partial charge < -0.3 is 20.0 Å². The van der Waals surface area contributed by atoms with Gasteiger partial charge in [-0.3, -0.25) is 14.4 Å². The molecule has 0 aliphatic carbocycles. The van der Waals surface area contributed by atoms with E-state index in [4.69, 9.17) is 4.42 Å². The minimum absolute atomic E-state index is 0.0208. The fourth-order valence-electron chi connectivity index (χ4n) is 4.08. The van der Waals surface area contributed by atoms with Crippen LogP contribution in [0.15, 0.2) is 77.4 Å². The summed E-state index contributed by atoms with van der Waals surface area (Å²) in [4.78, 5) is 40.3. The molecule has 1 unspecified atom stereocenters. The lowest BCUT2D eigenvalue weighted by Crippen LogP contribution is -2.45. The Balaban J connectivity index is 1.43. The first-order chi connectivity index (χ1) is 16.6. The highest BCUT2D eigenvalue weighted by Gasteiger charge is 2.23. The lowest BCUT2D eigenvalue weighted by atomic mass is 10.0. The van der Waals surface area contributed by atoms with Gasteiger partial charge in [0, 0.05) is 30.8 Å². The molecule has 1 aromatic heterocycles. The Morgan fingerprint density at radius 2 is 1.56 bits per heavy atom. The number of hydrogen-bond acceptors (Lipinski definition) is 4. The van der Waals surface area contributed by atoms with Gasteiger partial charge in [-0.25, -0.2) is 0 Å². The predicted molar refractivity (Wildman–Crippen MR) is 130 cm³/mol. The van der Waals surface area contributed by atoms with E-state index in [1.165, 1.54) is 6.26 Å². The lowest BCUT2D eigenvalue weighted by Gasteiger charge is -2.21. The molecule has 7 nitrogen and oxygen atoms in total. The molecule has 0 radical (unpaired) electrons. The first-order valence-corrected chi connectivity index (χ1v) is 11.7. The number of carbonyl (C=O) groups is 3. The van der Waals surface area contributed by atoms with E-state index in [2.05, 4.69) is 10.6 Å². The molecule has 7 heteroatoms. The van der Waals surface area contributed by atoms with Gasteiger partial charge in [-0.05, 0) is 54.8 Å². The molecule has 1 saturated heterocycles. The molecule has 3 aromatic rings. The summed E-state index contributed by atoms with van der Waals surface area (Å²) in [7, 11) is 0. The van der Waals surface area contributed by atoms with Crippen molar-refractivity contribution in [1.29, 1.82) is 0 Å². The summed E-state index contributed by atoms with van der Waals surface area (Å²) >= 11 is 0. The van der Waals surface area contributed by atoms with Gasteiger partial charge in [-0.1, -0.05) is 43.2 Å². The number of rotatable bonds is 7. The smallest absolute Gasteiger partial charge is 0.287 e. The van der Waals surface area contributed by atoms with Crippen LogP contribution >= 0.6 is 0 Å². The molecule has 2 heterocycles. The summed E-state index contributed by atoms with van der Waals surface area (Å²) in [5, 5.41) is 5.62. The first-order valence-electron chi connectivity index (χ1n) is 11.7. The molecule has 0 saturated carbocycles. The number of nitrogens with one attached hydrogen (secondary N) is 2. The Morgan fingerprint density at radius 1 is 0.853 bits per heavy atom. The summed E-state index contributed by atoms with van der Waals surface area (Å²) in [6.45, 7) is 1.57. The van der Waals surface area contributed by atoms with Crippen LogP contribution in [0.1, 0.15) is 52.2 Å². The van der Waals surface area contributed by atoms with Gasteiger partial charge in [0.2, 0.25) is 5.91 Å². The Labute approximate surface area is 199 Å². The third-order valence-corrected chi connectivity index (χ3v) is 5.94. The average molecular weight is 460 g/mol. The lowest BCUT2D eigenvalue weighted by molar-refractivity contribution is -0.118. The third-order valence-electron chi connectivity index (χ3n) is 5.94. The van der Waals surface area contributed by atoms with Crippen molar-refractivity contribution in [1.82, 2.24) is 10.2 Å². The quantitative estimate of drug-likeness (QED) is 0.552. The van der Waals surface area contributed by atoms with Crippen molar-refractivity contribution in [3.05, 3.63) is 89.9 Å². The van der Waals surface area contributed by atoms with E-state index in [1.54, 1.807) is 36.4 Å². The monoisotopic (exact) mass is 459 g/mol. The van der Waals surface area contributed by atoms with E-state index in [9.17, 15) is 14.4 Å². The summed E-state index contributed by atoms with van der Waals surface area (Å²) in [6.07, 6.45) is 6.13. The molecule has 2 N–H and O–H groups in total. The highest BCUT2D eigenvalue weighted by atomic mass is 16.3. The van der Waals surface area contributed by atoms with Gasteiger partial charge >= 0.3 is 0 Å². The fraction of sp³-hybridized carbons (Fsp3) is 0.296. The maximum absolute atomic E-state index is 13.1. The minimum Gasteiger partial charge on any atom is -0.459 e. The topological polar surface area (TPSA) is 91.7 Å².